The summed E-state index contributed by atoms with van der Waals surface area (Å²) in [5.74, 6) is 0.0753. The fourth-order valence-electron chi connectivity index (χ4n) is 1.54. The van der Waals surface area contributed by atoms with Crippen molar-refractivity contribution < 1.29 is 14.3 Å². The third kappa shape index (κ3) is 4.47. The Morgan fingerprint density at radius 3 is 2.68 bits per heavy atom. The number of anilines is 1. The van der Waals surface area contributed by atoms with E-state index in [1.54, 1.807) is 6.92 Å². The van der Waals surface area contributed by atoms with Gasteiger partial charge in [0.1, 0.15) is 4.88 Å². The minimum Gasteiger partial charge on any atom is -0.465 e. The lowest BCUT2D eigenvalue weighted by Crippen LogP contribution is -2.30. The second kappa shape index (κ2) is 7.45. The number of methoxy groups -OCH3 is 1. The Kier molecular flexibility index (Phi) is 6.24. The maximum Gasteiger partial charge on any atom is 0.350 e. The van der Waals surface area contributed by atoms with E-state index in [1.807, 2.05) is 6.92 Å². The van der Waals surface area contributed by atoms with Gasteiger partial charge in [0.05, 0.1) is 25.5 Å². The van der Waals surface area contributed by atoms with Gasteiger partial charge in [0.25, 0.3) is 0 Å². The summed E-state index contributed by atoms with van der Waals surface area (Å²) in [5, 5.41) is 4.06. The molecule has 0 fully saturated rings. The van der Waals surface area contributed by atoms with Crippen LogP contribution in [0, 0.1) is 12.8 Å². The van der Waals surface area contributed by atoms with Crippen LogP contribution in [0.2, 0.25) is 0 Å². The van der Waals surface area contributed by atoms with Crippen LogP contribution >= 0.6 is 11.3 Å². The average molecular weight is 286 g/mol. The summed E-state index contributed by atoms with van der Waals surface area (Å²) in [4.78, 5) is 16.4. The fraction of sp³-hybridized carbons (Fsp3) is 0.692. The molecule has 0 aliphatic heterocycles. The average Bonchev–Trinajstić information content (AvgIpc) is 2.74. The third-order valence-electron chi connectivity index (χ3n) is 2.78. The largest absolute Gasteiger partial charge is 0.465 e. The van der Waals surface area contributed by atoms with Crippen molar-refractivity contribution in [1.29, 1.82) is 0 Å². The number of hydrogen-bond acceptors (Lipinski definition) is 6. The molecule has 1 heterocycles. The first-order valence-corrected chi connectivity index (χ1v) is 7.21. The number of thiazole rings is 1. The van der Waals surface area contributed by atoms with Gasteiger partial charge in [0.2, 0.25) is 0 Å². The summed E-state index contributed by atoms with van der Waals surface area (Å²) >= 11 is 1.32. The van der Waals surface area contributed by atoms with Crippen molar-refractivity contribution in [1.82, 2.24) is 4.98 Å². The Balaban J connectivity index is 2.77. The highest BCUT2D eigenvalue weighted by Gasteiger charge is 2.19. The van der Waals surface area contributed by atoms with Gasteiger partial charge in [0, 0.05) is 6.61 Å². The molecule has 0 radical (unpaired) electrons. The molecule has 0 spiro atoms. The maximum atomic E-state index is 11.5. The predicted octanol–water partition coefficient (Wildman–Crippen LogP) is 2.71. The van der Waals surface area contributed by atoms with E-state index >= 15 is 0 Å². The molecule has 1 atom stereocenters. The first kappa shape index (κ1) is 15.9. The molecule has 5 nitrogen and oxygen atoms in total. The Hall–Kier alpha value is -1.14. The summed E-state index contributed by atoms with van der Waals surface area (Å²) in [7, 11) is 1.38. The van der Waals surface area contributed by atoms with Crippen LogP contribution in [0.4, 0.5) is 5.13 Å². The van der Waals surface area contributed by atoms with Crippen LogP contribution in [0.15, 0.2) is 0 Å². The van der Waals surface area contributed by atoms with Crippen LogP contribution in [-0.4, -0.2) is 37.3 Å². The second-order valence-corrected chi connectivity index (χ2v) is 5.58. The number of rotatable bonds is 7. The molecule has 0 amide bonds. The minimum absolute atomic E-state index is 0.177. The fourth-order valence-corrected chi connectivity index (χ4v) is 2.49. The number of carbonyl (C=O) groups is 1. The summed E-state index contributed by atoms with van der Waals surface area (Å²) in [5.41, 5.74) is 0.693. The van der Waals surface area contributed by atoms with E-state index in [0.717, 1.165) is 5.13 Å². The lowest BCUT2D eigenvalue weighted by Gasteiger charge is -2.21. The standard InChI is InChI=1S/C13H22N2O3S/c1-6-18-7-10(8(2)3)15-13-14-9(4)11(19-13)12(16)17-5/h8,10H,6-7H2,1-5H3,(H,14,15). The van der Waals surface area contributed by atoms with Crippen LogP contribution in [0.1, 0.15) is 36.1 Å². The molecule has 108 valence electrons. The van der Waals surface area contributed by atoms with Gasteiger partial charge in [-0.15, -0.1) is 0 Å². The van der Waals surface area contributed by atoms with Crippen molar-refractivity contribution >= 4 is 22.4 Å². The number of aromatic nitrogens is 1. The number of ether oxygens (including phenoxy) is 2. The molecule has 6 heteroatoms. The van der Waals surface area contributed by atoms with Crippen molar-refractivity contribution in [2.45, 2.75) is 33.7 Å². The molecular formula is C13H22N2O3S. The van der Waals surface area contributed by atoms with E-state index in [2.05, 4.69) is 24.1 Å². The van der Waals surface area contributed by atoms with E-state index in [0.29, 0.717) is 29.7 Å². The Morgan fingerprint density at radius 2 is 2.16 bits per heavy atom. The highest BCUT2D eigenvalue weighted by molar-refractivity contribution is 7.17. The molecule has 0 aliphatic carbocycles. The van der Waals surface area contributed by atoms with Gasteiger partial charge >= 0.3 is 5.97 Å². The molecule has 0 aromatic carbocycles. The zero-order valence-corrected chi connectivity index (χ0v) is 13.0. The van der Waals surface area contributed by atoms with E-state index in [-0.39, 0.29) is 12.0 Å². The maximum absolute atomic E-state index is 11.5. The molecule has 1 rings (SSSR count). The Bertz CT molecular complexity index is 418. The van der Waals surface area contributed by atoms with Gasteiger partial charge < -0.3 is 14.8 Å². The van der Waals surface area contributed by atoms with Gasteiger partial charge in [-0.25, -0.2) is 9.78 Å². The van der Waals surface area contributed by atoms with Crippen LogP contribution in [0.25, 0.3) is 0 Å². The number of esters is 1. The Labute approximate surface area is 118 Å². The van der Waals surface area contributed by atoms with Crippen molar-refractivity contribution in [2.75, 3.05) is 25.6 Å². The smallest absolute Gasteiger partial charge is 0.350 e. The molecule has 1 unspecified atom stereocenters. The van der Waals surface area contributed by atoms with Crippen LogP contribution in [0.3, 0.4) is 0 Å². The predicted molar refractivity (Wildman–Crippen MR) is 76.9 cm³/mol. The number of nitrogens with one attached hydrogen (secondary N) is 1. The lowest BCUT2D eigenvalue weighted by atomic mass is 10.1. The molecule has 0 bridgehead atoms. The van der Waals surface area contributed by atoms with E-state index in [4.69, 9.17) is 9.47 Å². The summed E-state index contributed by atoms with van der Waals surface area (Å²) in [6.45, 7) is 9.34. The monoisotopic (exact) mass is 286 g/mol. The molecule has 19 heavy (non-hydrogen) atoms. The molecule has 0 aliphatic rings. The molecule has 0 saturated carbocycles. The molecule has 0 saturated heterocycles. The van der Waals surface area contributed by atoms with Crippen LogP contribution < -0.4 is 5.32 Å². The second-order valence-electron chi connectivity index (χ2n) is 4.58. The van der Waals surface area contributed by atoms with Crippen LogP contribution in [-0.2, 0) is 9.47 Å². The lowest BCUT2D eigenvalue weighted by molar-refractivity contribution is 0.0605. The van der Waals surface area contributed by atoms with Crippen molar-refractivity contribution in [2.24, 2.45) is 5.92 Å². The third-order valence-corrected chi connectivity index (χ3v) is 3.85. The highest BCUT2D eigenvalue weighted by Crippen LogP contribution is 2.24. The van der Waals surface area contributed by atoms with Gasteiger partial charge in [-0.2, -0.15) is 0 Å². The van der Waals surface area contributed by atoms with E-state index in [1.165, 1.54) is 18.4 Å². The van der Waals surface area contributed by atoms with Gasteiger partial charge in [-0.1, -0.05) is 25.2 Å². The van der Waals surface area contributed by atoms with Gasteiger partial charge in [0.15, 0.2) is 5.13 Å². The normalized spacial score (nSPS) is 12.5. The number of nitrogens with zero attached hydrogens (tertiary/aromatic N) is 1. The molecule has 1 aromatic rings. The first-order valence-electron chi connectivity index (χ1n) is 6.39. The molecule has 1 N–H and O–H groups in total. The Morgan fingerprint density at radius 1 is 1.47 bits per heavy atom. The summed E-state index contributed by atoms with van der Waals surface area (Å²) in [6.07, 6.45) is 0. The number of hydrogen-bond donors (Lipinski definition) is 1. The van der Waals surface area contributed by atoms with E-state index < -0.39 is 0 Å². The van der Waals surface area contributed by atoms with E-state index in [9.17, 15) is 4.79 Å². The topological polar surface area (TPSA) is 60.5 Å². The zero-order chi connectivity index (χ0) is 14.4. The van der Waals surface area contributed by atoms with Crippen LogP contribution in [0.5, 0.6) is 0 Å². The SMILES string of the molecule is CCOCC(Nc1nc(C)c(C(=O)OC)s1)C(C)C. The molecular weight excluding hydrogens is 264 g/mol. The zero-order valence-electron chi connectivity index (χ0n) is 12.1. The molecule has 1 aromatic heterocycles. The number of carbonyl (C=O) groups excluding carboxylic acids is 1. The van der Waals surface area contributed by atoms with Crippen molar-refractivity contribution in [3.8, 4) is 0 Å². The van der Waals surface area contributed by atoms with Crippen molar-refractivity contribution in [3.05, 3.63) is 10.6 Å². The first-order chi connectivity index (χ1) is 8.99. The summed E-state index contributed by atoms with van der Waals surface area (Å²) in [6, 6.07) is 0.177. The van der Waals surface area contributed by atoms with Crippen molar-refractivity contribution in [3.63, 3.8) is 0 Å². The highest BCUT2D eigenvalue weighted by atomic mass is 32.1. The quantitative estimate of drug-likeness (QED) is 0.781. The minimum atomic E-state index is -0.339. The van der Waals surface area contributed by atoms with Gasteiger partial charge in [-0.05, 0) is 19.8 Å². The number of aryl methyl sites for hydroxylation is 1. The van der Waals surface area contributed by atoms with Gasteiger partial charge in [-0.3, -0.25) is 0 Å². The summed E-state index contributed by atoms with van der Waals surface area (Å²) < 4.78 is 10.2.